The monoisotopic (exact) mass is 402 g/mol. The van der Waals surface area contributed by atoms with Crippen molar-refractivity contribution in [2.45, 2.75) is 6.92 Å². The topological polar surface area (TPSA) is 44.1 Å². The summed E-state index contributed by atoms with van der Waals surface area (Å²) in [6.07, 6.45) is 3.89. The minimum atomic E-state index is -0.0897. The summed E-state index contributed by atoms with van der Waals surface area (Å²) in [6, 6.07) is 22.2. The summed E-state index contributed by atoms with van der Waals surface area (Å²) in [4.78, 5) is 12.7. The second-order valence-electron chi connectivity index (χ2n) is 6.45. The highest BCUT2D eigenvalue weighted by Crippen LogP contribution is 2.22. The third-order valence-electron chi connectivity index (χ3n) is 4.50. The van der Waals surface area contributed by atoms with Gasteiger partial charge < -0.3 is 4.74 Å². The normalized spacial score (nSPS) is 11.2. The molecule has 0 aliphatic carbocycles. The molecule has 5 heteroatoms. The highest BCUT2D eigenvalue weighted by molar-refractivity contribution is 6.30. The molecule has 0 bridgehead atoms. The van der Waals surface area contributed by atoms with E-state index in [1.54, 1.807) is 28.9 Å². The summed E-state index contributed by atoms with van der Waals surface area (Å²) < 4.78 is 7.15. The fraction of sp³-hybridized carbons (Fsp3) is 0.0833. The predicted molar refractivity (Wildman–Crippen MR) is 119 cm³/mol. The highest BCUT2D eigenvalue weighted by atomic mass is 35.5. The number of benzene rings is 2. The van der Waals surface area contributed by atoms with Gasteiger partial charge >= 0.3 is 0 Å². The molecular formula is C24H19ClN2O2. The van der Waals surface area contributed by atoms with Gasteiger partial charge in [-0.1, -0.05) is 48.0 Å². The number of aromatic nitrogens is 2. The molecule has 0 N–H and O–H groups in total. The average Bonchev–Trinajstić information content (AvgIpc) is 2.98. The number of rotatable bonds is 5. The lowest BCUT2D eigenvalue weighted by Crippen LogP contribution is -2.04. The summed E-state index contributed by atoms with van der Waals surface area (Å²) in [6.45, 7) is 2.60. The van der Waals surface area contributed by atoms with E-state index >= 15 is 0 Å². The molecular weight excluding hydrogens is 384 g/mol. The first-order valence-corrected chi connectivity index (χ1v) is 9.72. The maximum absolute atomic E-state index is 12.7. The molecule has 0 fully saturated rings. The van der Waals surface area contributed by atoms with E-state index < -0.39 is 0 Å². The van der Waals surface area contributed by atoms with Gasteiger partial charge in [0.1, 0.15) is 11.3 Å². The molecule has 4 rings (SSSR count). The number of hydrogen-bond acceptors (Lipinski definition) is 3. The quantitative estimate of drug-likeness (QED) is 0.436. The minimum Gasteiger partial charge on any atom is -0.494 e. The van der Waals surface area contributed by atoms with Gasteiger partial charge in [-0.25, -0.2) is 4.68 Å². The van der Waals surface area contributed by atoms with Gasteiger partial charge in [0, 0.05) is 10.4 Å². The molecule has 29 heavy (non-hydrogen) atoms. The fourth-order valence-electron chi connectivity index (χ4n) is 3.13. The van der Waals surface area contributed by atoms with Gasteiger partial charge in [0.05, 0.1) is 18.0 Å². The number of nitrogens with zero attached hydrogens (tertiary/aromatic N) is 2. The zero-order valence-corrected chi connectivity index (χ0v) is 16.6. The molecule has 0 amide bonds. The Morgan fingerprint density at radius 3 is 2.41 bits per heavy atom. The molecule has 0 aliphatic heterocycles. The SMILES string of the molecule is CCOc1ccc(/C=C\c2nn(-c3ccc(Cl)cc3)c3c(=O)ccccc23)cc1. The first-order valence-electron chi connectivity index (χ1n) is 9.34. The van der Waals surface area contributed by atoms with Crippen LogP contribution in [0.1, 0.15) is 18.2 Å². The molecule has 0 unspecified atom stereocenters. The molecule has 0 aliphatic rings. The summed E-state index contributed by atoms with van der Waals surface area (Å²) in [5.74, 6) is 0.838. The molecule has 144 valence electrons. The van der Waals surface area contributed by atoms with Gasteiger partial charge in [0.2, 0.25) is 5.43 Å². The molecule has 0 spiro atoms. The zero-order chi connectivity index (χ0) is 20.2. The van der Waals surface area contributed by atoms with E-state index in [0.717, 1.165) is 28.1 Å². The number of hydrogen-bond donors (Lipinski definition) is 0. The summed E-state index contributed by atoms with van der Waals surface area (Å²) >= 11 is 6.01. The summed E-state index contributed by atoms with van der Waals surface area (Å²) in [7, 11) is 0. The standard InChI is InChI=1S/C24H19ClN2O2/c1-2-29-20-14-7-17(8-15-20)9-16-22-21-5-3-4-6-23(28)24(21)27(26-22)19-12-10-18(25)11-13-19/h3-16H,2H2,1H3/b16-9-. The van der Waals surface area contributed by atoms with Crippen LogP contribution in [-0.4, -0.2) is 16.4 Å². The third kappa shape index (κ3) is 4.08. The molecule has 4 aromatic rings. The molecule has 1 heterocycles. The van der Waals surface area contributed by atoms with E-state index in [4.69, 9.17) is 21.4 Å². The van der Waals surface area contributed by atoms with Crippen LogP contribution in [0.25, 0.3) is 28.7 Å². The Morgan fingerprint density at radius 1 is 0.966 bits per heavy atom. The lowest BCUT2D eigenvalue weighted by molar-refractivity contribution is 0.340. The molecule has 0 radical (unpaired) electrons. The van der Waals surface area contributed by atoms with Crippen LogP contribution in [0.3, 0.4) is 0 Å². The molecule has 0 saturated carbocycles. The first-order chi connectivity index (χ1) is 14.2. The van der Waals surface area contributed by atoms with E-state index in [1.807, 2.05) is 67.6 Å². The van der Waals surface area contributed by atoms with Crippen LogP contribution in [0.15, 0.2) is 77.6 Å². The van der Waals surface area contributed by atoms with Gasteiger partial charge in [-0.2, -0.15) is 5.10 Å². The van der Waals surface area contributed by atoms with Crippen molar-refractivity contribution < 1.29 is 4.74 Å². The molecule has 3 aromatic carbocycles. The lowest BCUT2D eigenvalue weighted by Gasteiger charge is -2.02. The molecule has 1 aromatic heterocycles. The van der Waals surface area contributed by atoms with Gasteiger partial charge in [-0.3, -0.25) is 4.79 Å². The highest BCUT2D eigenvalue weighted by Gasteiger charge is 2.12. The smallest absolute Gasteiger partial charge is 0.204 e. The Bertz CT molecular complexity index is 1230. The van der Waals surface area contributed by atoms with Crippen LogP contribution in [0.2, 0.25) is 5.02 Å². The van der Waals surface area contributed by atoms with E-state index in [9.17, 15) is 4.79 Å². The Morgan fingerprint density at radius 2 is 1.69 bits per heavy atom. The van der Waals surface area contributed by atoms with E-state index in [1.165, 1.54) is 0 Å². The second-order valence-corrected chi connectivity index (χ2v) is 6.89. The maximum atomic E-state index is 12.7. The van der Waals surface area contributed by atoms with Crippen LogP contribution in [0.5, 0.6) is 5.75 Å². The fourth-order valence-corrected chi connectivity index (χ4v) is 3.26. The largest absolute Gasteiger partial charge is 0.494 e. The first kappa shape index (κ1) is 19.0. The van der Waals surface area contributed by atoms with Crippen molar-refractivity contribution in [3.8, 4) is 11.4 Å². The Balaban J connectivity index is 1.80. The van der Waals surface area contributed by atoms with Gasteiger partial charge in [-0.15, -0.1) is 0 Å². The Hall–Kier alpha value is -3.37. The van der Waals surface area contributed by atoms with Gasteiger partial charge in [0.25, 0.3) is 0 Å². The van der Waals surface area contributed by atoms with E-state index in [0.29, 0.717) is 17.1 Å². The summed E-state index contributed by atoms with van der Waals surface area (Å²) in [5.41, 5.74) is 2.96. The van der Waals surface area contributed by atoms with Crippen molar-refractivity contribution in [1.82, 2.24) is 9.78 Å². The minimum absolute atomic E-state index is 0.0897. The number of ether oxygens (including phenoxy) is 1. The lowest BCUT2D eigenvalue weighted by atomic mass is 10.1. The molecule has 4 nitrogen and oxygen atoms in total. The molecule has 0 atom stereocenters. The third-order valence-corrected chi connectivity index (χ3v) is 4.75. The Kier molecular flexibility index (Phi) is 5.45. The van der Waals surface area contributed by atoms with Crippen molar-refractivity contribution in [3.63, 3.8) is 0 Å². The van der Waals surface area contributed by atoms with Crippen molar-refractivity contribution in [1.29, 1.82) is 0 Å². The molecule has 0 saturated heterocycles. The van der Waals surface area contributed by atoms with Crippen molar-refractivity contribution in [2.75, 3.05) is 6.61 Å². The van der Waals surface area contributed by atoms with Crippen molar-refractivity contribution in [2.24, 2.45) is 0 Å². The van der Waals surface area contributed by atoms with E-state index in [2.05, 4.69) is 0 Å². The van der Waals surface area contributed by atoms with E-state index in [-0.39, 0.29) is 5.43 Å². The van der Waals surface area contributed by atoms with Crippen molar-refractivity contribution in [3.05, 3.63) is 99.3 Å². The van der Waals surface area contributed by atoms with Crippen LogP contribution < -0.4 is 10.2 Å². The zero-order valence-electron chi connectivity index (χ0n) is 15.9. The predicted octanol–water partition coefficient (Wildman–Crippen LogP) is 5.61. The maximum Gasteiger partial charge on any atom is 0.204 e. The summed E-state index contributed by atoms with van der Waals surface area (Å²) in [5, 5.41) is 6.12. The van der Waals surface area contributed by atoms with Gasteiger partial charge in [-0.05, 0) is 61.0 Å². The van der Waals surface area contributed by atoms with Crippen LogP contribution in [-0.2, 0) is 0 Å². The van der Waals surface area contributed by atoms with Gasteiger partial charge in [0.15, 0.2) is 0 Å². The van der Waals surface area contributed by atoms with Crippen LogP contribution in [0, 0.1) is 0 Å². The second kappa shape index (κ2) is 8.33. The van der Waals surface area contributed by atoms with Crippen LogP contribution >= 0.6 is 11.6 Å². The number of fused-ring (bicyclic) bond motifs is 1. The number of halogens is 1. The Labute approximate surface area is 173 Å². The van der Waals surface area contributed by atoms with Crippen molar-refractivity contribution >= 4 is 34.7 Å². The van der Waals surface area contributed by atoms with Crippen LogP contribution in [0.4, 0.5) is 0 Å². The average molecular weight is 403 g/mol.